The van der Waals surface area contributed by atoms with Crippen molar-refractivity contribution in [2.24, 2.45) is 5.84 Å². The fraction of sp³-hybridized carbons (Fsp3) is 0.308. The van der Waals surface area contributed by atoms with E-state index in [1.165, 1.54) is 0 Å². The van der Waals surface area contributed by atoms with Gasteiger partial charge in [-0.15, -0.1) is 0 Å². The molecule has 3 N–H and O–H groups in total. The molecule has 0 fully saturated rings. The largest absolute Gasteiger partial charge is 0.481 e. The summed E-state index contributed by atoms with van der Waals surface area (Å²) in [6, 6.07) is 5.46. The van der Waals surface area contributed by atoms with Crippen LogP contribution >= 0.6 is 0 Å². The highest BCUT2D eigenvalue weighted by Gasteiger charge is 2.12. The summed E-state index contributed by atoms with van der Waals surface area (Å²) in [5, 5.41) is 0. The highest BCUT2D eigenvalue weighted by molar-refractivity contribution is 5.56. The minimum Gasteiger partial charge on any atom is -0.481 e. The number of ether oxygens (including phenoxy) is 1. The summed E-state index contributed by atoms with van der Waals surface area (Å²) in [7, 11) is 1.57. The van der Waals surface area contributed by atoms with Gasteiger partial charge in [0.05, 0.1) is 7.11 Å². The molecule has 0 amide bonds. The molecule has 2 aromatic rings. The molecule has 0 atom stereocenters. The Balaban J connectivity index is 2.53. The van der Waals surface area contributed by atoms with E-state index < -0.39 is 0 Å². The minimum absolute atomic E-state index is 0.528. The fourth-order valence-electron chi connectivity index (χ4n) is 1.91. The van der Waals surface area contributed by atoms with Crippen LogP contribution in [0.25, 0.3) is 11.5 Å². The summed E-state index contributed by atoms with van der Waals surface area (Å²) in [5.41, 5.74) is 5.17. The second-order valence-corrected chi connectivity index (χ2v) is 4.02. The van der Waals surface area contributed by atoms with Gasteiger partial charge in [-0.25, -0.2) is 20.8 Å². The van der Waals surface area contributed by atoms with Crippen molar-refractivity contribution >= 4 is 5.82 Å². The van der Waals surface area contributed by atoms with Crippen molar-refractivity contribution in [3.8, 4) is 17.4 Å². The van der Waals surface area contributed by atoms with Gasteiger partial charge in [-0.05, 0) is 19.4 Å². The average Bonchev–Trinajstić information content (AvgIpc) is 2.46. The predicted octanol–water partition coefficient (Wildman–Crippen LogP) is 1.70. The summed E-state index contributed by atoms with van der Waals surface area (Å²) in [6.07, 6.45) is 0.817. The number of hydrogen-bond acceptors (Lipinski definition) is 6. The van der Waals surface area contributed by atoms with Gasteiger partial charge in [-0.1, -0.05) is 13.0 Å². The standard InChI is InChI=1S/C13H17N5O/c1-4-9-8(2)15-13(17-12(9)18-14)10-6-5-7-11(16-10)19-3/h5-7H,4,14H2,1-3H3,(H,15,17,18). The monoisotopic (exact) mass is 259 g/mol. The first-order chi connectivity index (χ1) is 9.19. The SMILES string of the molecule is CCc1c(C)nc(-c2cccc(OC)n2)nc1NN. The van der Waals surface area contributed by atoms with Gasteiger partial charge in [0.15, 0.2) is 5.82 Å². The molecule has 2 heterocycles. The number of pyridine rings is 1. The third kappa shape index (κ3) is 2.63. The number of rotatable bonds is 4. The molecule has 6 heteroatoms. The van der Waals surface area contributed by atoms with Crippen LogP contribution in [0.15, 0.2) is 18.2 Å². The molecule has 2 aromatic heterocycles. The van der Waals surface area contributed by atoms with Crippen molar-refractivity contribution in [1.29, 1.82) is 0 Å². The van der Waals surface area contributed by atoms with Crippen LogP contribution in [0.1, 0.15) is 18.2 Å². The molecule has 0 aliphatic heterocycles. The van der Waals surface area contributed by atoms with Crippen molar-refractivity contribution in [2.45, 2.75) is 20.3 Å². The molecule has 0 aliphatic rings. The predicted molar refractivity (Wildman–Crippen MR) is 73.7 cm³/mol. The third-order valence-electron chi connectivity index (χ3n) is 2.87. The highest BCUT2D eigenvalue weighted by Crippen LogP contribution is 2.22. The molecule has 6 nitrogen and oxygen atoms in total. The third-order valence-corrected chi connectivity index (χ3v) is 2.87. The number of hydrogen-bond donors (Lipinski definition) is 2. The second-order valence-electron chi connectivity index (χ2n) is 4.02. The number of aromatic nitrogens is 3. The lowest BCUT2D eigenvalue weighted by molar-refractivity contribution is 0.398. The molecule has 0 radical (unpaired) electrons. The summed E-state index contributed by atoms with van der Waals surface area (Å²) < 4.78 is 5.10. The maximum atomic E-state index is 5.51. The number of hydrazine groups is 1. The van der Waals surface area contributed by atoms with E-state index in [2.05, 4.69) is 20.4 Å². The Morgan fingerprint density at radius 3 is 2.68 bits per heavy atom. The van der Waals surface area contributed by atoms with Gasteiger partial charge in [0.25, 0.3) is 0 Å². The lowest BCUT2D eigenvalue weighted by Gasteiger charge is -2.11. The Morgan fingerprint density at radius 1 is 1.26 bits per heavy atom. The quantitative estimate of drug-likeness (QED) is 0.642. The molecule has 0 aromatic carbocycles. The van der Waals surface area contributed by atoms with Gasteiger partial charge in [-0.2, -0.15) is 0 Å². The Bertz CT molecular complexity index is 585. The van der Waals surface area contributed by atoms with E-state index in [4.69, 9.17) is 10.6 Å². The number of methoxy groups -OCH3 is 1. The maximum absolute atomic E-state index is 5.51. The van der Waals surface area contributed by atoms with Gasteiger partial charge >= 0.3 is 0 Å². The van der Waals surface area contributed by atoms with Gasteiger partial charge in [0.1, 0.15) is 11.5 Å². The van der Waals surface area contributed by atoms with E-state index >= 15 is 0 Å². The van der Waals surface area contributed by atoms with Gasteiger partial charge in [0, 0.05) is 17.3 Å². The second kappa shape index (κ2) is 5.62. The Morgan fingerprint density at radius 2 is 2.05 bits per heavy atom. The van der Waals surface area contributed by atoms with Crippen LogP contribution in [0.5, 0.6) is 5.88 Å². The van der Waals surface area contributed by atoms with Crippen molar-refractivity contribution < 1.29 is 4.74 Å². The number of anilines is 1. The van der Waals surface area contributed by atoms with Crippen LogP contribution < -0.4 is 16.0 Å². The lowest BCUT2D eigenvalue weighted by Crippen LogP contribution is -2.13. The molecular formula is C13H17N5O. The molecular weight excluding hydrogens is 242 g/mol. The molecule has 19 heavy (non-hydrogen) atoms. The molecule has 0 unspecified atom stereocenters. The highest BCUT2D eigenvalue weighted by atomic mass is 16.5. The molecule has 0 bridgehead atoms. The van der Waals surface area contributed by atoms with Crippen LogP contribution in [0.2, 0.25) is 0 Å². The fourth-order valence-corrected chi connectivity index (χ4v) is 1.91. The molecule has 0 saturated heterocycles. The zero-order chi connectivity index (χ0) is 13.8. The summed E-state index contributed by atoms with van der Waals surface area (Å²) in [5.74, 6) is 7.20. The molecule has 0 saturated carbocycles. The van der Waals surface area contributed by atoms with Gasteiger partial charge < -0.3 is 10.2 Å². The summed E-state index contributed by atoms with van der Waals surface area (Å²) in [6.45, 7) is 3.97. The molecule has 0 spiro atoms. The van der Waals surface area contributed by atoms with E-state index in [-0.39, 0.29) is 0 Å². The van der Waals surface area contributed by atoms with E-state index in [0.29, 0.717) is 23.2 Å². The zero-order valence-corrected chi connectivity index (χ0v) is 11.3. The normalized spacial score (nSPS) is 10.3. The smallest absolute Gasteiger partial charge is 0.213 e. The number of nitrogens with zero attached hydrogens (tertiary/aromatic N) is 3. The van der Waals surface area contributed by atoms with Gasteiger partial charge in [0.2, 0.25) is 5.88 Å². The molecule has 100 valence electrons. The summed E-state index contributed by atoms with van der Waals surface area (Å²) in [4.78, 5) is 13.2. The van der Waals surface area contributed by atoms with E-state index in [1.54, 1.807) is 13.2 Å². The number of nitrogens with one attached hydrogen (secondary N) is 1. The topological polar surface area (TPSA) is 86.0 Å². The van der Waals surface area contributed by atoms with Crippen molar-refractivity contribution in [3.63, 3.8) is 0 Å². The van der Waals surface area contributed by atoms with Crippen molar-refractivity contribution in [3.05, 3.63) is 29.5 Å². The van der Waals surface area contributed by atoms with Crippen LogP contribution in [-0.4, -0.2) is 22.1 Å². The number of nitrogens with two attached hydrogens (primary N) is 1. The minimum atomic E-state index is 0.528. The number of aryl methyl sites for hydroxylation is 1. The first-order valence-electron chi connectivity index (χ1n) is 6.05. The lowest BCUT2D eigenvalue weighted by atomic mass is 10.1. The van der Waals surface area contributed by atoms with Crippen LogP contribution in [0.4, 0.5) is 5.82 Å². The molecule has 2 rings (SSSR count). The number of nitrogen functional groups attached to an aromatic ring is 1. The van der Waals surface area contributed by atoms with Gasteiger partial charge in [-0.3, -0.25) is 0 Å². The van der Waals surface area contributed by atoms with E-state index in [0.717, 1.165) is 17.7 Å². The van der Waals surface area contributed by atoms with Crippen LogP contribution in [0, 0.1) is 6.92 Å². The summed E-state index contributed by atoms with van der Waals surface area (Å²) >= 11 is 0. The van der Waals surface area contributed by atoms with Crippen LogP contribution in [-0.2, 0) is 6.42 Å². The average molecular weight is 259 g/mol. The zero-order valence-electron chi connectivity index (χ0n) is 11.3. The Kier molecular flexibility index (Phi) is 3.91. The Hall–Kier alpha value is -2.21. The Labute approximate surface area is 112 Å². The van der Waals surface area contributed by atoms with Crippen molar-refractivity contribution in [1.82, 2.24) is 15.0 Å². The van der Waals surface area contributed by atoms with Crippen molar-refractivity contribution in [2.75, 3.05) is 12.5 Å². The maximum Gasteiger partial charge on any atom is 0.213 e. The first-order valence-corrected chi connectivity index (χ1v) is 6.05. The van der Waals surface area contributed by atoms with E-state index in [1.807, 2.05) is 26.0 Å². The van der Waals surface area contributed by atoms with Crippen LogP contribution in [0.3, 0.4) is 0 Å². The van der Waals surface area contributed by atoms with E-state index in [9.17, 15) is 0 Å². The molecule has 0 aliphatic carbocycles. The first kappa shape index (κ1) is 13.2.